The zero-order chi connectivity index (χ0) is 15.1. The second-order valence-corrected chi connectivity index (χ2v) is 4.78. The molecule has 0 amide bonds. The molecule has 20 heavy (non-hydrogen) atoms. The highest BCUT2D eigenvalue weighted by Crippen LogP contribution is 1.98. The van der Waals surface area contributed by atoms with Crippen molar-refractivity contribution in [2.45, 2.75) is 65.8 Å². The summed E-state index contributed by atoms with van der Waals surface area (Å²) >= 11 is 0. The van der Waals surface area contributed by atoms with Crippen LogP contribution in [0, 0.1) is 6.92 Å². The van der Waals surface area contributed by atoms with Gasteiger partial charge in [0.25, 0.3) is 0 Å². The van der Waals surface area contributed by atoms with E-state index in [1.807, 2.05) is 31.6 Å². The van der Waals surface area contributed by atoms with Crippen molar-refractivity contribution in [1.29, 1.82) is 0 Å². The third-order valence-electron chi connectivity index (χ3n) is 2.95. The number of unbranched alkanes of at least 4 members (excludes halogenated alkanes) is 4. The maximum absolute atomic E-state index is 5.45. The highest BCUT2D eigenvalue weighted by molar-refractivity contribution is 4.86. The Morgan fingerprint density at radius 3 is 2.30 bits per heavy atom. The molecule has 1 rings (SSSR count). The Bertz CT molecular complexity index is 298. The van der Waals surface area contributed by atoms with E-state index in [9.17, 15) is 0 Å². The number of nitrogens with zero attached hydrogens (tertiary/aromatic N) is 3. The first-order valence-corrected chi connectivity index (χ1v) is 8.10. The van der Waals surface area contributed by atoms with Gasteiger partial charge >= 0.3 is 0 Å². The Balaban J connectivity index is 0.00000172. The molecule has 118 valence electrons. The minimum Gasteiger partial charge on any atom is -0.330 e. The maximum atomic E-state index is 5.45. The van der Waals surface area contributed by atoms with Crippen LogP contribution < -0.4 is 11.1 Å². The Morgan fingerprint density at radius 2 is 1.70 bits per heavy atom. The minimum atomic E-state index is 0.829. The number of aryl methyl sites for hydroxylation is 2. The Kier molecular flexibility index (Phi) is 13.8. The quantitative estimate of drug-likeness (QED) is 0.612. The molecule has 5 nitrogen and oxygen atoms in total. The molecule has 0 fully saturated rings. The first-order chi connectivity index (χ1) is 9.83. The fraction of sp³-hybridized carbons (Fsp3) is 0.867. The average Bonchev–Trinajstić information content (AvgIpc) is 2.89. The third-order valence-corrected chi connectivity index (χ3v) is 2.95. The van der Waals surface area contributed by atoms with Crippen LogP contribution >= 0.6 is 0 Å². The van der Waals surface area contributed by atoms with E-state index < -0.39 is 0 Å². The van der Waals surface area contributed by atoms with Crippen molar-refractivity contribution in [2.75, 3.05) is 19.6 Å². The summed E-state index contributed by atoms with van der Waals surface area (Å²) in [5.41, 5.74) is 6.44. The Morgan fingerprint density at radius 1 is 1.05 bits per heavy atom. The molecule has 0 aliphatic rings. The van der Waals surface area contributed by atoms with E-state index in [0.29, 0.717) is 0 Å². The van der Waals surface area contributed by atoms with Crippen LogP contribution in [0.25, 0.3) is 0 Å². The van der Waals surface area contributed by atoms with Gasteiger partial charge < -0.3 is 11.1 Å². The van der Waals surface area contributed by atoms with Gasteiger partial charge in [-0.1, -0.05) is 31.9 Å². The van der Waals surface area contributed by atoms with E-state index >= 15 is 0 Å². The highest BCUT2D eigenvalue weighted by atomic mass is 15.4. The van der Waals surface area contributed by atoms with Crippen molar-refractivity contribution in [1.82, 2.24) is 20.3 Å². The van der Waals surface area contributed by atoms with Gasteiger partial charge in [0.1, 0.15) is 0 Å². The van der Waals surface area contributed by atoms with Crippen molar-refractivity contribution in [2.24, 2.45) is 5.73 Å². The molecule has 0 atom stereocenters. The average molecular weight is 283 g/mol. The van der Waals surface area contributed by atoms with Crippen molar-refractivity contribution in [3.05, 3.63) is 11.9 Å². The molecule has 0 bridgehead atoms. The number of nitrogens with two attached hydrogens (primary N) is 1. The van der Waals surface area contributed by atoms with E-state index in [1.54, 1.807) is 0 Å². The van der Waals surface area contributed by atoms with Crippen LogP contribution in [0.3, 0.4) is 0 Å². The second-order valence-electron chi connectivity index (χ2n) is 4.78. The predicted molar refractivity (Wildman–Crippen MR) is 85.7 cm³/mol. The number of aromatic nitrogens is 3. The Hall–Kier alpha value is -0.940. The number of nitrogens with one attached hydrogen (secondary N) is 1. The summed E-state index contributed by atoms with van der Waals surface area (Å²) in [4.78, 5) is 0. The van der Waals surface area contributed by atoms with Gasteiger partial charge in [-0.15, -0.1) is 5.10 Å². The molecule has 1 aromatic rings. The maximum Gasteiger partial charge on any atom is 0.0796 e. The third kappa shape index (κ3) is 10.9. The van der Waals surface area contributed by atoms with Crippen molar-refractivity contribution in [3.8, 4) is 0 Å². The van der Waals surface area contributed by atoms with Gasteiger partial charge in [-0.2, -0.15) is 0 Å². The lowest BCUT2D eigenvalue weighted by atomic mass is 10.2. The van der Waals surface area contributed by atoms with Gasteiger partial charge in [0.15, 0.2) is 0 Å². The molecule has 0 radical (unpaired) electrons. The summed E-state index contributed by atoms with van der Waals surface area (Å²) in [6.45, 7) is 10.0. The molecular weight excluding hydrogens is 250 g/mol. The summed E-state index contributed by atoms with van der Waals surface area (Å²) in [5.74, 6) is 0. The largest absolute Gasteiger partial charge is 0.330 e. The lowest BCUT2D eigenvalue weighted by molar-refractivity contribution is 0.515. The lowest BCUT2D eigenvalue weighted by Gasteiger charge is -2.04. The van der Waals surface area contributed by atoms with Crippen molar-refractivity contribution < 1.29 is 0 Å². The molecule has 0 spiro atoms. The van der Waals surface area contributed by atoms with Gasteiger partial charge in [0.05, 0.1) is 5.69 Å². The molecule has 0 aliphatic carbocycles. The fourth-order valence-electron chi connectivity index (χ4n) is 1.90. The van der Waals surface area contributed by atoms with Gasteiger partial charge in [0.2, 0.25) is 0 Å². The normalized spacial score (nSPS) is 10.2. The summed E-state index contributed by atoms with van der Waals surface area (Å²) in [5, 5.41) is 11.5. The van der Waals surface area contributed by atoms with Crippen LogP contribution in [0.2, 0.25) is 0 Å². The van der Waals surface area contributed by atoms with E-state index in [1.165, 1.54) is 25.7 Å². The molecule has 1 aromatic heterocycles. The topological polar surface area (TPSA) is 68.8 Å². The monoisotopic (exact) mass is 283 g/mol. The molecule has 0 saturated carbocycles. The number of rotatable bonds is 11. The van der Waals surface area contributed by atoms with Gasteiger partial charge in [-0.25, -0.2) is 0 Å². The van der Waals surface area contributed by atoms with E-state index in [2.05, 4.69) is 15.6 Å². The first-order valence-electron chi connectivity index (χ1n) is 8.10. The van der Waals surface area contributed by atoms with E-state index in [0.717, 1.165) is 44.7 Å². The summed E-state index contributed by atoms with van der Waals surface area (Å²) in [6, 6.07) is 0. The lowest BCUT2D eigenvalue weighted by Crippen LogP contribution is -2.17. The molecular formula is C15H33N5. The van der Waals surface area contributed by atoms with Crippen molar-refractivity contribution in [3.63, 3.8) is 0 Å². The molecule has 0 saturated heterocycles. The zero-order valence-electron chi connectivity index (χ0n) is 13.6. The number of hydrogen-bond donors (Lipinski definition) is 2. The molecule has 5 heteroatoms. The first kappa shape index (κ1) is 19.1. The summed E-state index contributed by atoms with van der Waals surface area (Å²) in [6.07, 6.45) is 9.33. The smallest absolute Gasteiger partial charge is 0.0796 e. The van der Waals surface area contributed by atoms with E-state index in [4.69, 9.17) is 5.73 Å². The molecule has 1 heterocycles. The minimum absolute atomic E-state index is 0.829. The summed E-state index contributed by atoms with van der Waals surface area (Å²) in [7, 11) is 0. The molecule has 0 aromatic carbocycles. The Labute approximate surface area is 124 Å². The van der Waals surface area contributed by atoms with Crippen LogP contribution in [0.4, 0.5) is 0 Å². The van der Waals surface area contributed by atoms with Crippen LogP contribution in [-0.4, -0.2) is 34.6 Å². The van der Waals surface area contributed by atoms with Crippen LogP contribution in [-0.2, 0) is 6.54 Å². The number of hydrogen-bond acceptors (Lipinski definition) is 4. The van der Waals surface area contributed by atoms with E-state index in [-0.39, 0.29) is 0 Å². The van der Waals surface area contributed by atoms with Crippen molar-refractivity contribution >= 4 is 0 Å². The molecule has 3 N–H and O–H groups in total. The second kappa shape index (κ2) is 14.5. The predicted octanol–water partition coefficient (Wildman–Crippen LogP) is 2.50. The van der Waals surface area contributed by atoms with Crippen LogP contribution in [0.15, 0.2) is 6.20 Å². The standard InChI is InChI=1S/C13H27N5.C2H6/c1-13-12-18(17-16-13)11-7-6-10-15-9-5-3-2-4-8-14;1-2/h12,15H,2-11,14H2,1H3;1-2H3. The zero-order valence-corrected chi connectivity index (χ0v) is 13.6. The van der Waals surface area contributed by atoms with Gasteiger partial charge in [-0.3, -0.25) is 4.68 Å². The fourth-order valence-corrected chi connectivity index (χ4v) is 1.90. The molecule has 0 unspecified atom stereocenters. The van der Waals surface area contributed by atoms with Crippen LogP contribution in [0.5, 0.6) is 0 Å². The van der Waals surface area contributed by atoms with Gasteiger partial charge in [0, 0.05) is 12.7 Å². The van der Waals surface area contributed by atoms with Gasteiger partial charge in [-0.05, 0) is 52.2 Å². The SMILES string of the molecule is CC.Cc1cn(CCCCNCCCCCCN)nn1. The summed E-state index contributed by atoms with van der Waals surface area (Å²) < 4.78 is 1.92. The highest BCUT2D eigenvalue weighted by Gasteiger charge is 1.95. The van der Waals surface area contributed by atoms with Crippen LogP contribution in [0.1, 0.15) is 58.1 Å². The molecule has 0 aliphatic heterocycles.